The molecule has 142 valence electrons. The molecule has 0 aromatic heterocycles. The van der Waals surface area contributed by atoms with Crippen LogP contribution in [0.3, 0.4) is 0 Å². The predicted molar refractivity (Wildman–Crippen MR) is 98.2 cm³/mol. The van der Waals surface area contributed by atoms with Crippen LogP contribution in [0.15, 0.2) is 24.3 Å². The third-order valence-corrected chi connectivity index (χ3v) is 5.25. The Balaban J connectivity index is 1.45. The lowest BCUT2D eigenvalue weighted by Crippen LogP contribution is -2.44. The average Bonchev–Trinajstić information content (AvgIpc) is 2.72. The van der Waals surface area contributed by atoms with Crippen molar-refractivity contribution in [2.45, 2.75) is 38.2 Å². The lowest BCUT2D eigenvalue weighted by Gasteiger charge is -2.32. The number of likely N-dealkylation sites (tertiary alicyclic amines) is 1. The lowest BCUT2D eigenvalue weighted by molar-refractivity contribution is -0.127. The van der Waals surface area contributed by atoms with Gasteiger partial charge in [-0.1, -0.05) is 6.07 Å². The molecule has 1 N–H and O–H groups in total. The number of nitrogens with one attached hydrogen (secondary N) is 1. The SMILES string of the molecule is COc1cccc(C(=O)N2CCC(C(=O)NC[C@@H]3CCCCO3)CC2)c1. The lowest BCUT2D eigenvalue weighted by atomic mass is 9.95. The molecule has 2 fully saturated rings. The standard InChI is InChI=1S/C20H28N2O4/c1-25-17-7-4-5-16(13-17)20(24)22-10-8-15(9-11-22)19(23)21-14-18-6-2-3-12-26-18/h4-5,7,13,15,18H,2-3,6,8-12,14H2,1H3,(H,21,23)/t18-/m0/s1. The summed E-state index contributed by atoms with van der Waals surface area (Å²) in [6.07, 6.45) is 4.87. The van der Waals surface area contributed by atoms with Gasteiger partial charge in [0, 0.05) is 37.7 Å². The van der Waals surface area contributed by atoms with E-state index < -0.39 is 0 Å². The molecule has 0 radical (unpaired) electrons. The van der Waals surface area contributed by atoms with Crippen molar-refractivity contribution in [1.29, 1.82) is 0 Å². The highest BCUT2D eigenvalue weighted by atomic mass is 16.5. The van der Waals surface area contributed by atoms with Gasteiger partial charge < -0.3 is 19.7 Å². The third-order valence-electron chi connectivity index (χ3n) is 5.25. The van der Waals surface area contributed by atoms with Gasteiger partial charge in [-0.05, 0) is 50.3 Å². The number of hydrogen-bond donors (Lipinski definition) is 1. The van der Waals surface area contributed by atoms with E-state index in [1.807, 2.05) is 17.0 Å². The molecule has 26 heavy (non-hydrogen) atoms. The van der Waals surface area contributed by atoms with Gasteiger partial charge in [0.2, 0.25) is 5.91 Å². The van der Waals surface area contributed by atoms with Gasteiger partial charge in [-0.15, -0.1) is 0 Å². The minimum absolute atomic E-state index is 0.00152. The molecule has 2 amide bonds. The molecular formula is C20H28N2O4. The van der Waals surface area contributed by atoms with Crippen molar-refractivity contribution in [3.63, 3.8) is 0 Å². The van der Waals surface area contributed by atoms with Crippen molar-refractivity contribution in [3.8, 4) is 5.75 Å². The summed E-state index contributed by atoms with van der Waals surface area (Å²) >= 11 is 0. The zero-order valence-electron chi connectivity index (χ0n) is 15.4. The molecule has 6 heteroatoms. The van der Waals surface area contributed by atoms with Crippen LogP contribution in [-0.4, -0.2) is 56.2 Å². The highest BCUT2D eigenvalue weighted by molar-refractivity contribution is 5.94. The Hall–Kier alpha value is -2.08. The van der Waals surface area contributed by atoms with E-state index in [9.17, 15) is 9.59 Å². The van der Waals surface area contributed by atoms with Crippen molar-refractivity contribution in [3.05, 3.63) is 29.8 Å². The maximum absolute atomic E-state index is 12.6. The summed E-state index contributed by atoms with van der Waals surface area (Å²) in [6.45, 7) is 2.61. The number of rotatable bonds is 5. The zero-order chi connectivity index (χ0) is 18.4. The Labute approximate surface area is 154 Å². The molecule has 0 saturated carbocycles. The van der Waals surface area contributed by atoms with E-state index in [-0.39, 0.29) is 23.8 Å². The predicted octanol–water partition coefficient (Wildman–Crippen LogP) is 2.23. The number of ether oxygens (including phenoxy) is 2. The molecule has 2 heterocycles. The molecule has 1 atom stereocenters. The summed E-state index contributed by atoms with van der Waals surface area (Å²) in [5, 5.41) is 3.03. The zero-order valence-corrected chi connectivity index (χ0v) is 15.4. The van der Waals surface area contributed by atoms with Crippen molar-refractivity contribution in [2.24, 2.45) is 5.92 Å². The summed E-state index contributed by atoms with van der Waals surface area (Å²) in [7, 11) is 1.59. The summed E-state index contributed by atoms with van der Waals surface area (Å²) in [5.74, 6) is 0.744. The number of amides is 2. The number of benzene rings is 1. The van der Waals surface area contributed by atoms with Crippen molar-refractivity contribution < 1.29 is 19.1 Å². The van der Waals surface area contributed by atoms with Crippen LogP contribution in [0.25, 0.3) is 0 Å². The summed E-state index contributed by atoms with van der Waals surface area (Å²) < 4.78 is 10.8. The van der Waals surface area contributed by atoms with Crippen LogP contribution in [0.2, 0.25) is 0 Å². The van der Waals surface area contributed by atoms with Crippen molar-refractivity contribution in [2.75, 3.05) is 33.4 Å². The van der Waals surface area contributed by atoms with Crippen LogP contribution in [0.1, 0.15) is 42.5 Å². The maximum atomic E-state index is 12.6. The Bertz CT molecular complexity index is 620. The van der Waals surface area contributed by atoms with E-state index in [1.165, 1.54) is 6.42 Å². The van der Waals surface area contributed by atoms with Gasteiger partial charge in [0.05, 0.1) is 13.2 Å². The first-order chi connectivity index (χ1) is 12.7. The highest BCUT2D eigenvalue weighted by Gasteiger charge is 2.28. The molecular weight excluding hydrogens is 332 g/mol. The highest BCUT2D eigenvalue weighted by Crippen LogP contribution is 2.21. The fourth-order valence-corrected chi connectivity index (χ4v) is 3.61. The summed E-state index contributed by atoms with van der Waals surface area (Å²) in [5.41, 5.74) is 0.627. The fraction of sp³-hybridized carbons (Fsp3) is 0.600. The van der Waals surface area contributed by atoms with Crippen molar-refractivity contribution in [1.82, 2.24) is 10.2 Å². The molecule has 1 aromatic rings. The Morgan fingerprint density at radius 1 is 1.23 bits per heavy atom. The van der Waals surface area contributed by atoms with E-state index in [0.717, 1.165) is 19.4 Å². The topological polar surface area (TPSA) is 67.9 Å². The smallest absolute Gasteiger partial charge is 0.253 e. The van der Waals surface area contributed by atoms with Crippen LogP contribution in [-0.2, 0) is 9.53 Å². The number of hydrogen-bond acceptors (Lipinski definition) is 4. The Morgan fingerprint density at radius 2 is 2.04 bits per heavy atom. The summed E-state index contributed by atoms with van der Waals surface area (Å²) in [6, 6.07) is 7.20. The van der Waals surface area contributed by atoms with Gasteiger partial charge in [-0.3, -0.25) is 9.59 Å². The molecule has 0 aliphatic carbocycles. The molecule has 2 aliphatic rings. The first-order valence-corrected chi connectivity index (χ1v) is 9.50. The van der Waals surface area contributed by atoms with Gasteiger partial charge in [0.1, 0.15) is 5.75 Å². The van der Waals surface area contributed by atoms with Crippen molar-refractivity contribution >= 4 is 11.8 Å². The van der Waals surface area contributed by atoms with Gasteiger partial charge >= 0.3 is 0 Å². The van der Waals surface area contributed by atoms with Gasteiger partial charge in [-0.25, -0.2) is 0 Å². The monoisotopic (exact) mass is 360 g/mol. The summed E-state index contributed by atoms with van der Waals surface area (Å²) in [4.78, 5) is 26.8. The minimum atomic E-state index is -0.0204. The molecule has 0 spiro atoms. The van der Waals surface area contributed by atoms with Gasteiger partial charge in [0.25, 0.3) is 5.91 Å². The Kier molecular flexibility index (Phi) is 6.50. The number of piperidine rings is 1. The van der Waals surface area contributed by atoms with Crippen LogP contribution in [0.4, 0.5) is 0 Å². The van der Waals surface area contributed by atoms with Gasteiger partial charge in [-0.2, -0.15) is 0 Å². The van der Waals surface area contributed by atoms with Crippen LogP contribution < -0.4 is 10.1 Å². The second-order valence-corrected chi connectivity index (χ2v) is 7.03. The van der Waals surface area contributed by atoms with E-state index in [2.05, 4.69) is 5.32 Å². The fourth-order valence-electron chi connectivity index (χ4n) is 3.61. The molecule has 3 rings (SSSR count). The van der Waals surface area contributed by atoms with E-state index in [1.54, 1.807) is 19.2 Å². The second-order valence-electron chi connectivity index (χ2n) is 7.03. The Morgan fingerprint density at radius 3 is 2.73 bits per heavy atom. The second kappa shape index (κ2) is 9.03. The molecule has 2 saturated heterocycles. The van der Waals surface area contributed by atoms with Crippen LogP contribution in [0, 0.1) is 5.92 Å². The van der Waals surface area contributed by atoms with Crippen LogP contribution in [0.5, 0.6) is 5.75 Å². The third kappa shape index (κ3) is 4.75. The number of methoxy groups -OCH3 is 1. The van der Waals surface area contributed by atoms with E-state index in [0.29, 0.717) is 43.8 Å². The van der Waals surface area contributed by atoms with E-state index in [4.69, 9.17) is 9.47 Å². The molecule has 0 bridgehead atoms. The van der Waals surface area contributed by atoms with Crippen LogP contribution >= 0.6 is 0 Å². The molecule has 6 nitrogen and oxygen atoms in total. The first kappa shape index (κ1) is 18.7. The molecule has 2 aliphatic heterocycles. The number of carbonyl (C=O) groups excluding carboxylic acids is 2. The average molecular weight is 360 g/mol. The van der Waals surface area contributed by atoms with Gasteiger partial charge in [0.15, 0.2) is 0 Å². The largest absolute Gasteiger partial charge is 0.497 e. The maximum Gasteiger partial charge on any atom is 0.253 e. The molecule has 0 unspecified atom stereocenters. The normalized spacial score (nSPS) is 21.3. The van der Waals surface area contributed by atoms with E-state index >= 15 is 0 Å². The first-order valence-electron chi connectivity index (χ1n) is 9.50. The molecule has 1 aromatic carbocycles. The quantitative estimate of drug-likeness (QED) is 0.874. The number of nitrogens with zero attached hydrogens (tertiary/aromatic N) is 1. The number of carbonyl (C=O) groups is 2. The minimum Gasteiger partial charge on any atom is -0.497 e.